The third kappa shape index (κ3) is 8.10. The molecule has 16 heteroatoms. The number of methoxy groups -OCH3 is 1. The van der Waals surface area contributed by atoms with Crippen molar-refractivity contribution in [1.29, 1.82) is 0 Å². The van der Waals surface area contributed by atoms with Crippen LogP contribution in [0, 0.1) is 5.92 Å². The first kappa shape index (κ1) is 35.9. The molecular formula is C33H38F6N6O4. The molecule has 1 aliphatic heterocycles. The van der Waals surface area contributed by atoms with Crippen LogP contribution in [0.4, 0.5) is 37.1 Å². The fourth-order valence-electron chi connectivity index (χ4n) is 6.61. The van der Waals surface area contributed by atoms with Crippen molar-refractivity contribution in [2.24, 2.45) is 13.0 Å². The molecule has 3 aromatic rings. The van der Waals surface area contributed by atoms with E-state index in [4.69, 9.17) is 9.47 Å². The van der Waals surface area contributed by atoms with Crippen LogP contribution in [0.1, 0.15) is 69.1 Å². The zero-order valence-electron chi connectivity index (χ0n) is 27.5. The molecule has 3 atom stereocenters. The molecule has 1 aromatic carbocycles. The van der Waals surface area contributed by atoms with Crippen molar-refractivity contribution in [1.82, 2.24) is 24.6 Å². The lowest BCUT2D eigenvalue weighted by atomic mass is 9.82. The van der Waals surface area contributed by atoms with Gasteiger partial charge in [-0.3, -0.25) is 9.48 Å². The summed E-state index contributed by atoms with van der Waals surface area (Å²) in [6.45, 7) is 3.43. The Morgan fingerprint density at radius 3 is 1.92 bits per heavy atom. The molecule has 3 heterocycles. The van der Waals surface area contributed by atoms with Crippen LogP contribution >= 0.6 is 0 Å². The molecule has 0 radical (unpaired) electrons. The predicted octanol–water partition coefficient (Wildman–Crippen LogP) is 7.03. The average Bonchev–Trinajstić information content (AvgIpc) is 3.49. The number of alkyl halides is 6. The Balaban J connectivity index is 1.46. The molecule has 0 spiro atoms. The number of aryl methyl sites for hydroxylation is 1. The Morgan fingerprint density at radius 1 is 0.878 bits per heavy atom. The number of likely N-dealkylation sites (tertiary alicyclic amines) is 1. The fraction of sp³-hybridized carbons (Fsp3) is 0.545. The number of carbonyl (C=O) groups excluding carboxylic acids is 2. The average molecular weight is 697 g/mol. The summed E-state index contributed by atoms with van der Waals surface area (Å²) in [5, 5.41) is 4.14. The summed E-state index contributed by atoms with van der Waals surface area (Å²) in [4.78, 5) is 37.6. The second kappa shape index (κ2) is 14.2. The van der Waals surface area contributed by atoms with Gasteiger partial charge in [-0.1, -0.05) is 13.8 Å². The van der Waals surface area contributed by atoms with Gasteiger partial charge in [0.05, 0.1) is 30.4 Å². The van der Waals surface area contributed by atoms with E-state index >= 15 is 0 Å². The minimum atomic E-state index is -5.01. The van der Waals surface area contributed by atoms with Crippen LogP contribution in [-0.2, 0) is 40.2 Å². The van der Waals surface area contributed by atoms with Crippen molar-refractivity contribution < 1.29 is 45.4 Å². The van der Waals surface area contributed by atoms with Crippen molar-refractivity contribution in [2.45, 2.75) is 95.5 Å². The van der Waals surface area contributed by atoms with Crippen molar-refractivity contribution in [3.63, 3.8) is 0 Å². The van der Waals surface area contributed by atoms with Gasteiger partial charge in [0.15, 0.2) is 0 Å². The minimum absolute atomic E-state index is 0.104. The van der Waals surface area contributed by atoms with Gasteiger partial charge >= 0.3 is 24.4 Å². The Hall–Kier alpha value is -4.37. The number of hydrogen-bond donors (Lipinski definition) is 0. The summed E-state index contributed by atoms with van der Waals surface area (Å²) < 4.78 is 94.8. The van der Waals surface area contributed by atoms with E-state index in [9.17, 15) is 35.9 Å². The van der Waals surface area contributed by atoms with Crippen LogP contribution in [0.5, 0.6) is 0 Å². The summed E-state index contributed by atoms with van der Waals surface area (Å²) in [5.41, 5.74) is -1.69. The van der Waals surface area contributed by atoms with Crippen molar-refractivity contribution in [3.8, 4) is 11.1 Å². The molecule has 1 amide bonds. The lowest BCUT2D eigenvalue weighted by molar-refractivity contribution is -0.153. The van der Waals surface area contributed by atoms with Gasteiger partial charge in [-0.15, -0.1) is 0 Å². The number of nitrogens with zero attached hydrogens (tertiary/aromatic N) is 6. The summed E-state index contributed by atoms with van der Waals surface area (Å²) in [6.07, 6.45) is -2.15. The largest absolute Gasteiger partial charge is 0.469 e. The number of halogens is 6. The van der Waals surface area contributed by atoms with Gasteiger partial charge in [-0.05, 0) is 62.3 Å². The van der Waals surface area contributed by atoms with E-state index in [1.54, 1.807) is 33.9 Å². The normalized spacial score (nSPS) is 22.7. The zero-order chi connectivity index (χ0) is 35.7. The number of amides is 1. The van der Waals surface area contributed by atoms with Crippen LogP contribution in [0.3, 0.4) is 0 Å². The molecule has 266 valence electrons. The smallest absolute Gasteiger partial charge is 0.416 e. The standard InChI is InChI=1S/C33H38F6N6O4/c1-5-25-12-27(13-26(6-2)45(25)31(47)49-28-9-20(10-28)29(46)48-4)44(30-40-14-21(15-41-30)22-16-42-43(3)18-22)17-19-7-23(32(34,35)36)11-24(8-19)33(37,38)39/h7-8,11,14-16,18,20,25-28H,5-6,9-10,12-13,17H2,1-4H3/t20?,25-,26?,27?,28?/m1/s1. The maximum Gasteiger partial charge on any atom is 0.416 e. The molecule has 1 aliphatic carbocycles. The molecule has 2 aromatic heterocycles. The van der Waals surface area contributed by atoms with Crippen LogP contribution in [0.15, 0.2) is 43.0 Å². The number of ether oxygens (including phenoxy) is 2. The van der Waals surface area contributed by atoms with Crippen LogP contribution in [-0.4, -0.2) is 68.1 Å². The fourth-order valence-corrected chi connectivity index (χ4v) is 6.61. The summed E-state index contributed by atoms with van der Waals surface area (Å²) >= 11 is 0. The minimum Gasteiger partial charge on any atom is -0.469 e. The van der Waals surface area contributed by atoms with Crippen LogP contribution in [0.25, 0.3) is 11.1 Å². The number of benzene rings is 1. The van der Waals surface area contributed by atoms with E-state index in [0.717, 1.165) is 5.56 Å². The van der Waals surface area contributed by atoms with E-state index in [1.165, 1.54) is 19.5 Å². The number of hydrogen-bond acceptors (Lipinski definition) is 8. The first-order valence-electron chi connectivity index (χ1n) is 16.0. The lowest BCUT2D eigenvalue weighted by Gasteiger charge is -2.48. The van der Waals surface area contributed by atoms with Crippen LogP contribution < -0.4 is 4.90 Å². The van der Waals surface area contributed by atoms with Crippen LogP contribution in [0.2, 0.25) is 0 Å². The second-order valence-electron chi connectivity index (χ2n) is 12.6. The van der Waals surface area contributed by atoms with E-state index in [1.807, 2.05) is 13.8 Å². The third-order valence-electron chi connectivity index (χ3n) is 9.30. The maximum atomic E-state index is 13.8. The molecule has 49 heavy (non-hydrogen) atoms. The van der Waals surface area contributed by atoms with E-state index in [-0.39, 0.29) is 48.1 Å². The number of piperidine rings is 1. The number of carbonyl (C=O) groups is 2. The lowest BCUT2D eigenvalue weighted by Crippen LogP contribution is -2.57. The Labute approximate surface area is 279 Å². The van der Waals surface area contributed by atoms with Gasteiger partial charge in [-0.25, -0.2) is 14.8 Å². The highest BCUT2D eigenvalue weighted by atomic mass is 19.4. The number of anilines is 1. The first-order valence-corrected chi connectivity index (χ1v) is 16.0. The highest BCUT2D eigenvalue weighted by Crippen LogP contribution is 2.39. The molecular weight excluding hydrogens is 658 g/mol. The molecule has 0 bridgehead atoms. The topological polar surface area (TPSA) is 103 Å². The highest BCUT2D eigenvalue weighted by molar-refractivity contribution is 5.74. The first-order chi connectivity index (χ1) is 23.1. The second-order valence-corrected chi connectivity index (χ2v) is 12.6. The van der Waals surface area contributed by atoms with Crippen molar-refractivity contribution in [3.05, 3.63) is 59.7 Å². The van der Waals surface area contributed by atoms with Gasteiger partial charge in [0, 0.05) is 61.4 Å². The molecule has 2 aliphatic rings. The zero-order valence-corrected chi connectivity index (χ0v) is 27.5. The van der Waals surface area contributed by atoms with Crippen molar-refractivity contribution in [2.75, 3.05) is 12.0 Å². The van der Waals surface area contributed by atoms with Gasteiger partial charge in [0.1, 0.15) is 6.10 Å². The quantitative estimate of drug-likeness (QED) is 0.174. The molecule has 2 fully saturated rings. The summed E-state index contributed by atoms with van der Waals surface area (Å²) in [7, 11) is 3.04. The highest BCUT2D eigenvalue weighted by Gasteiger charge is 2.44. The molecule has 10 nitrogen and oxygen atoms in total. The van der Waals surface area contributed by atoms with Crippen molar-refractivity contribution >= 4 is 18.0 Å². The third-order valence-corrected chi connectivity index (χ3v) is 9.30. The van der Waals surface area contributed by atoms with Gasteiger partial charge < -0.3 is 19.3 Å². The molecule has 5 rings (SSSR count). The monoisotopic (exact) mass is 696 g/mol. The maximum absolute atomic E-state index is 13.8. The molecule has 0 N–H and O–H groups in total. The number of rotatable bonds is 9. The summed E-state index contributed by atoms with van der Waals surface area (Å²) in [5.74, 6) is -0.568. The SMILES string of the molecule is CCC1CC(N(Cc2cc(C(F)(F)F)cc(C(F)(F)F)c2)c2ncc(-c3cnn(C)c3)cn2)C[C@@H](CC)N1C(=O)OC1CC(C(=O)OC)C1. The Morgan fingerprint density at radius 2 is 1.45 bits per heavy atom. The molecule has 2 unspecified atom stereocenters. The van der Waals surface area contributed by atoms with E-state index < -0.39 is 41.7 Å². The van der Waals surface area contributed by atoms with Gasteiger partial charge in [0.2, 0.25) is 5.95 Å². The van der Waals surface area contributed by atoms with Gasteiger partial charge in [0.25, 0.3) is 0 Å². The Kier molecular flexibility index (Phi) is 10.4. The van der Waals surface area contributed by atoms with E-state index in [2.05, 4.69) is 15.1 Å². The number of esters is 1. The Bertz CT molecular complexity index is 1580. The summed E-state index contributed by atoms with van der Waals surface area (Å²) in [6, 6.07) is 0.349. The predicted molar refractivity (Wildman–Crippen MR) is 165 cm³/mol. The number of aromatic nitrogens is 4. The molecule has 1 saturated carbocycles. The van der Waals surface area contributed by atoms with E-state index in [0.29, 0.717) is 56.2 Å². The molecule has 1 saturated heterocycles. The van der Waals surface area contributed by atoms with Gasteiger partial charge in [-0.2, -0.15) is 31.4 Å².